The van der Waals surface area contributed by atoms with E-state index in [9.17, 15) is 8.42 Å². The van der Waals surface area contributed by atoms with E-state index in [-0.39, 0.29) is 11.5 Å². The number of pyridine rings is 1. The molecule has 1 heterocycles. The average molecular weight is 432 g/mol. The monoisotopic (exact) mass is 431 g/mol. The van der Waals surface area contributed by atoms with Gasteiger partial charge in [0.25, 0.3) is 10.1 Å². The lowest BCUT2D eigenvalue weighted by atomic mass is 10.1. The molecule has 0 spiro atoms. The van der Waals surface area contributed by atoms with E-state index in [0.717, 1.165) is 18.4 Å². The molecule has 0 aliphatic heterocycles. The van der Waals surface area contributed by atoms with E-state index < -0.39 is 10.1 Å². The highest BCUT2D eigenvalue weighted by Gasteiger charge is 2.13. The molecule has 0 bridgehead atoms. The zero-order valence-corrected chi connectivity index (χ0v) is 19.2. The smallest absolute Gasteiger partial charge is 0.266 e. The molecule has 1 aromatic carbocycles. The molecule has 1 aromatic heterocycles. The molecule has 0 saturated carbocycles. The molecule has 2 rings (SSSR count). The first-order valence-electron chi connectivity index (χ1n) is 11.1. The van der Waals surface area contributed by atoms with E-state index >= 15 is 0 Å². The Bertz CT molecular complexity index is 761. The molecule has 30 heavy (non-hydrogen) atoms. The minimum Gasteiger partial charge on any atom is -0.266 e. The minimum atomic E-state index is -3.57. The van der Waals surface area contributed by atoms with E-state index in [1.165, 1.54) is 51.4 Å². The topological polar surface area (TPSA) is 56.3 Å². The molecule has 0 aliphatic rings. The van der Waals surface area contributed by atoms with Gasteiger partial charge in [0.1, 0.15) is 0 Å². The number of hydrogen-bond donors (Lipinski definition) is 0. The Labute approximate surface area is 183 Å². The zero-order chi connectivity index (χ0) is 21.9. The normalized spacial score (nSPS) is 10.8. The molecule has 5 heteroatoms. The van der Waals surface area contributed by atoms with Gasteiger partial charge in [-0.15, -0.1) is 0 Å². The van der Waals surface area contributed by atoms with Crippen molar-refractivity contribution in [3.63, 3.8) is 0 Å². The Morgan fingerprint density at radius 3 is 1.87 bits per heavy atom. The van der Waals surface area contributed by atoms with Crippen molar-refractivity contribution in [3.05, 3.63) is 67.0 Å². The van der Waals surface area contributed by atoms with Crippen LogP contribution < -0.4 is 0 Å². The molecule has 166 valence electrons. The second kappa shape index (κ2) is 16.8. The van der Waals surface area contributed by atoms with Crippen molar-refractivity contribution in [1.29, 1.82) is 0 Å². The van der Waals surface area contributed by atoms with Gasteiger partial charge in [0.15, 0.2) is 0 Å². The van der Waals surface area contributed by atoms with Gasteiger partial charge < -0.3 is 0 Å². The van der Waals surface area contributed by atoms with Crippen LogP contribution in [0.3, 0.4) is 0 Å². The Hall–Kier alpha value is -1.98. The third-order valence-corrected chi connectivity index (χ3v) is 6.04. The van der Waals surface area contributed by atoms with Gasteiger partial charge in [-0.3, -0.25) is 9.17 Å². The predicted octanol–water partition coefficient (Wildman–Crippen LogP) is 7.04. The highest BCUT2D eigenvalue weighted by molar-refractivity contribution is 7.86. The van der Waals surface area contributed by atoms with E-state index in [4.69, 9.17) is 4.18 Å². The summed E-state index contributed by atoms with van der Waals surface area (Å²) in [4.78, 5) is 4.08. The Kier molecular flexibility index (Phi) is 14.6. The average Bonchev–Trinajstić information content (AvgIpc) is 2.79. The quantitative estimate of drug-likeness (QED) is 0.238. The fourth-order valence-electron chi connectivity index (χ4n) is 2.91. The second-order valence-corrected chi connectivity index (χ2v) is 8.87. The van der Waals surface area contributed by atoms with Gasteiger partial charge in [-0.25, -0.2) is 0 Å². The van der Waals surface area contributed by atoms with Crippen LogP contribution >= 0.6 is 0 Å². The summed E-state index contributed by atoms with van der Waals surface area (Å²) >= 11 is 0. The first-order valence-corrected chi connectivity index (χ1v) is 12.5. The van der Waals surface area contributed by atoms with Crippen molar-refractivity contribution in [2.45, 2.75) is 76.0 Å². The van der Waals surface area contributed by atoms with Crippen molar-refractivity contribution in [2.24, 2.45) is 0 Å². The van der Waals surface area contributed by atoms with E-state index in [0.29, 0.717) is 0 Å². The van der Waals surface area contributed by atoms with Crippen LogP contribution in [0.1, 0.15) is 76.7 Å². The largest absolute Gasteiger partial charge is 0.296 e. The lowest BCUT2D eigenvalue weighted by Gasteiger charge is -2.05. The summed E-state index contributed by atoms with van der Waals surface area (Å²) in [7, 11) is -3.57. The van der Waals surface area contributed by atoms with E-state index in [1.54, 1.807) is 48.8 Å². The molecule has 0 N–H and O–H groups in total. The maximum atomic E-state index is 11.9. The van der Waals surface area contributed by atoms with Crippen LogP contribution in [-0.2, 0) is 14.3 Å². The number of benzene rings is 1. The highest BCUT2D eigenvalue weighted by Crippen LogP contribution is 2.13. The third-order valence-electron chi connectivity index (χ3n) is 4.71. The van der Waals surface area contributed by atoms with Gasteiger partial charge in [-0.1, -0.05) is 95.6 Å². The highest BCUT2D eigenvalue weighted by atomic mass is 32.2. The molecule has 0 amide bonds. The van der Waals surface area contributed by atoms with Crippen LogP contribution in [0.2, 0.25) is 0 Å². The molecule has 2 aromatic rings. The molecular weight excluding hydrogens is 394 g/mol. The summed E-state index contributed by atoms with van der Waals surface area (Å²) in [6.45, 7) is 6.12. The maximum Gasteiger partial charge on any atom is 0.296 e. The minimum absolute atomic E-state index is 0.238. The molecule has 0 atom stereocenters. The SMILES string of the molecule is C=Cc1ccncc1.CCCCCCCCCCCCOS(=O)(=O)c1ccccc1. The Morgan fingerprint density at radius 2 is 1.37 bits per heavy atom. The fourth-order valence-corrected chi connectivity index (χ4v) is 3.88. The number of unbranched alkanes of at least 4 members (excludes halogenated alkanes) is 9. The molecule has 0 radical (unpaired) electrons. The van der Waals surface area contributed by atoms with Crippen molar-refractivity contribution in [2.75, 3.05) is 6.61 Å². The summed E-state index contributed by atoms with van der Waals surface area (Å²) < 4.78 is 28.8. The predicted molar refractivity (Wildman–Crippen MR) is 126 cm³/mol. The summed E-state index contributed by atoms with van der Waals surface area (Å²) in [6, 6.07) is 12.1. The number of aromatic nitrogens is 1. The van der Waals surface area contributed by atoms with Crippen molar-refractivity contribution in [1.82, 2.24) is 4.98 Å². The summed E-state index contributed by atoms with van der Waals surface area (Å²) in [6.07, 6.45) is 17.6. The molecule has 0 saturated heterocycles. The first kappa shape index (κ1) is 26.1. The molecule has 0 aliphatic carbocycles. The summed E-state index contributed by atoms with van der Waals surface area (Å²) in [5.74, 6) is 0. The van der Waals surface area contributed by atoms with Gasteiger partial charge in [-0.05, 0) is 36.2 Å². The van der Waals surface area contributed by atoms with Crippen LogP contribution in [0.15, 0.2) is 66.3 Å². The maximum absolute atomic E-state index is 11.9. The van der Waals surface area contributed by atoms with Crippen LogP contribution in [0, 0.1) is 0 Å². The fraction of sp³-hybridized carbons (Fsp3) is 0.480. The standard InChI is InChI=1S/C18H30O3S.C7H7N/c1-2-3-4-5-6-7-8-9-10-14-17-21-22(19,20)18-15-12-11-13-16-18;1-2-7-3-5-8-6-4-7/h11-13,15-16H,2-10,14,17H2,1H3;2-6H,1H2. The van der Waals surface area contributed by atoms with Crippen molar-refractivity contribution >= 4 is 16.2 Å². The summed E-state index contributed by atoms with van der Waals surface area (Å²) in [5, 5.41) is 0. The van der Waals surface area contributed by atoms with Gasteiger partial charge in [0, 0.05) is 12.4 Å². The van der Waals surface area contributed by atoms with Crippen molar-refractivity contribution in [3.8, 4) is 0 Å². The number of hydrogen-bond acceptors (Lipinski definition) is 4. The molecule has 0 fully saturated rings. The van der Waals surface area contributed by atoms with E-state index in [2.05, 4.69) is 18.5 Å². The number of nitrogens with zero attached hydrogens (tertiary/aromatic N) is 1. The first-order chi connectivity index (χ1) is 14.6. The van der Waals surface area contributed by atoms with Crippen molar-refractivity contribution < 1.29 is 12.6 Å². The molecule has 4 nitrogen and oxygen atoms in total. The summed E-state index contributed by atoms with van der Waals surface area (Å²) in [5.41, 5.74) is 1.11. The van der Waals surface area contributed by atoms with Gasteiger partial charge in [0.05, 0.1) is 11.5 Å². The second-order valence-electron chi connectivity index (χ2n) is 7.26. The zero-order valence-electron chi connectivity index (χ0n) is 18.3. The lowest BCUT2D eigenvalue weighted by Crippen LogP contribution is -2.07. The lowest BCUT2D eigenvalue weighted by molar-refractivity contribution is 0.306. The van der Waals surface area contributed by atoms with Gasteiger partial charge in [-0.2, -0.15) is 8.42 Å². The van der Waals surface area contributed by atoms with Crippen LogP contribution in [-0.4, -0.2) is 20.0 Å². The number of rotatable bonds is 14. The van der Waals surface area contributed by atoms with Gasteiger partial charge >= 0.3 is 0 Å². The van der Waals surface area contributed by atoms with Crippen LogP contribution in [0.5, 0.6) is 0 Å². The Balaban J connectivity index is 0.000000467. The van der Waals surface area contributed by atoms with E-state index in [1.807, 2.05) is 12.1 Å². The van der Waals surface area contributed by atoms with Gasteiger partial charge in [0.2, 0.25) is 0 Å². The Morgan fingerprint density at radius 1 is 0.833 bits per heavy atom. The molecular formula is C25H37NO3S. The molecule has 0 unspecified atom stereocenters. The van der Waals surface area contributed by atoms with Crippen LogP contribution in [0.25, 0.3) is 6.08 Å². The van der Waals surface area contributed by atoms with Crippen LogP contribution in [0.4, 0.5) is 0 Å². The third kappa shape index (κ3) is 12.6.